The van der Waals surface area contributed by atoms with Gasteiger partial charge in [-0.15, -0.1) is 0 Å². The molecule has 0 saturated carbocycles. The van der Waals surface area contributed by atoms with Crippen LogP contribution in [0.15, 0.2) is 4.99 Å². The summed E-state index contributed by atoms with van der Waals surface area (Å²) in [7, 11) is 0. The molecule has 0 rings (SSSR count). The van der Waals surface area contributed by atoms with E-state index in [2.05, 4.69) is 4.99 Å². The summed E-state index contributed by atoms with van der Waals surface area (Å²) in [6.07, 6.45) is -0.516. The number of aliphatic hydroxyl groups excluding tert-OH is 1. The fraction of sp³-hybridized carbons (Fsp3) is 0.714. The molecule has 2 atom stereocenters. The van der Waals surface area contributed by atoms with E-state index in [1.54, 1.807) is 0 Å². The van der Waals surface area contributed by atoms with Gasteiger partial charge in [-0.3, -0.25) is 9.79 Å². The van der Waals surface area contributed by atoms with Crippen molar-refractivity contribution in [2.24, 2.45) is 22.2 Å². The average Bonchev–Trinajstić information content (AvgIpc) is 2.02. The van der Waals surface area contributed by atoms with Gasteiger partial charge in [0, 0.05) is 6.54 Å². The number of rotatable bonds is 6. The number of aliphatic hydroxyl groups is 1. The Hall–Kier alpha value is -1.34. The smallest absolute Gasteiger partial charge is 0.320 e. The Kier molecular flexibility index (Phi) is 5.58. The van der Waals surface area contributed by atoms with Gasteiger partial charge < -0.3 is 27.4 Å². The highest BCUT2D eigenvalue weighted by atomic mass is 16.4. The normalized spacial score (nSPS) is 14.4. The zero-order valence-corrected chi connectivity index (χ0v) is 7.76. The molecule has 0 heterocycles. The molecule has 0 radical (unpaired) electrons. The molecule has 0 spiro atoms. The van der Waals surface area contributed by atoms with E-state index in [1.165, 1.54) is 0 Å². The first-order valence-corrected chi connectivity index (χ1v) is 4.15. The summed E-state index contributed by atoms with van der Waals surface area (Å²) in [5, 5.41) is 17.7. The Bertz CT molecular complexity index is 215. The van der Waals surface area contributed by atoms with Crippen molar-refractivity contribution in [3.8, 4) is 0 Å². The van der Waals surface area contributed by atoms with Crippen molar-refractivity contribution in [2.45, 2.75) is 25.0 Å². The second-order valence-electron chi connectivity index (χ2n) is 2.93. The summed E-state index contributed by atoms with van der Waals surface area (Å²) in [6, 6.07) is -1.05. The number of aliphatic imine (C=N–C) groups is 1. The molecule has 0 amide bonds. The summed E-state index contributed by atoms with van der Waals surface area (Å²) in [4.78, 5) is 14.0. The zero-order valence-electron chi connectivity index (χ0n) is 7.76. The van der Waals surface area contributed by atoms with Crippen LogP contribution >= 0.6 is 0 Å². The SMILES string of the molecule is NC(N)=NCC[C@@H](O)C[C@H](N)C(=O)O. The van der Waals surface area contributed by atoms with Crippen LogP contribution in [0.2, 0.25) is 0 Å². The fourth-order valence-corrected chi connectivity index (χ4v) is 0.854. The first-order chi connectivity index (χ1) is 6.43. The molecule has 0 aliphatic carbocycles. The number of carboxylic acids is 1. The van der Waals surface area contributed by atoms with E-state index in [0.29, 0.717) is 6.42 Å². The van der Waals surface area contributed by atoms with Crippen molar-refractivity contribution in [3.05, 3.63) is 0 Å². The van der Waals surface area contributed by atoms with Gasteiger partial charge in [0.05, 0.1) is 6.10 Å². The van der Waals surface area contributed by atoms with Gasteiger partial charge in [0.2, 0.25) is 0 Å². The van der Waals surface area contributed by atoms with Crippen molar-refractivity contribution in [3.63, 3.8) is 0 Å². The number of nitrogens with zero attached hydrogens (tertiary/aromatic N) is 1. The Morgan fingerprint density at radius 1 is 1.43 bits per heavy atom. The fourth-order valence-electron chi connectivity index (χ4n) is 0.854. The van der Waals surface area contributed by atoms with Gasteiger partial charge >= 0.3 is 5.97 Å². The third-order valence-electron chi connectivity index (χ3n) is 1.60. The summed E-state index contributed by atoms with van der Waals surface area (Å²) in [6.45, 7) is 0.260. The third-order valence-corrected chi connectivity index (χ3v) is 1.60. The molecule has 0 aliphatic rings. The van der Waals surface area contributed by atoms with E-state index in [9.17, 15) is 9.90 Å². The largest absolute Gasteiger partial charge is 0.480 e. The van der Waals surface area contributed by atoms with Crippen molar-refractivity contribution in [2.75, 3.05) is 6.54 Å². The van der Waals surface area contributed by atoms with E-state index >= 15 is 0 Å². The molecule has 14 heavy (non-hydrogen) atoms. The minimum atomic E-state index is -1.13. The highest BCUT2D eigenvalue weighted by Crippen LogP contribution is 2.01. The monoisotopic (exact) mass is 204 g/mol. The van der Waals surface area contributed by atoms with Crippen LogP contribution in [0.4, 0.5) is 0 Å². The number of carboxylic acid groups (broad SMARTS) is 1. The van der Waals surface area contributed by atoms with Gasteiger partial charge in [-0.05, 0) is 12.8 Å². The number of hydrogen-bond acceptors (Lipinski definition) is 4. The van der Waals surface area contributed by atoms with Gasteiger partial charge in [0.15, 0.2) is 5.96 Å². The topological polar surface area (TPSA) is 148 Å². The van der Waals surface area contributed by atoms with Crippen molar-refractivity contribution in [1.29, 1.82) is 0 Å². The van der Waals surface area contributed by atoms with Crippen LogP contribution in [0.25, 0.3) is 0 Å². The van der Waals surface area contributed by atoms with E-state index in [1.807, 2.05) is 0 Å². The summed E-state index contributed by atoms with van der Waals surface area (Å²) < 4.78 is 0. The summed E-state index contributed by atoms with van der Waals surface area (Å²) >= 11 is 0. The Balaban J connectivity index is 3.70. The Morgan fingerprint density at radius 3 is 2.43 bits per heavy atom. The first-order valence-electron chi connectivity index (χ1n) is 4.15. The van der Waals surface area contributed by atoms with Crippen LogP contribution in [0.1, 0.15) is 12.8 Å². The molecular weight excluding hydrogens is 188 g/mol. The number of carbonyl (C=O) groups is 1. The second-order valence-corrected chi connectivity index (χ2v) is 2.93. The molecular formula is C7H16N4O3. The number of nitrogens with two attached hydrogens (primary N) is 3. The van der Waals surface area contributed by atoms with E-state index in [-0.39, 0.29) is 18.9 Å². The molecule has 7 nitrogen and oxygen atoms in total. The van der Waals surface area contributed by atoms with Crippen molar-refractivity contribution >= 4 is 11.9 Å². The van der Waals surface area contributed by atoms with Crippen LogP contribution < -0.4 is 17.2 Å². The predicted molar refractivity (Wildman–Crippen MR) is 51.5 cm³/mol. The van der Waals surface area contributed by atoms with E-state index < -0.39 is 18.1 Å². The lowest BCUT2D eigenvalue weighted by Crippen LogP contribution is -2.34. The van der Waals surface area contributed by atoms with E-state index in [4.69, 9.17) is 22.3 Å². The average molecular weight is 204 g/mol. The van der Waals surface area contributed by atoms with Crippen LogP contribution in [-0.4, -0.2) is 40.8 Å². The van der Waals surface area contributed by atoms with Crippen LogP contribution in [0.3, 0.4) is 0 Å². The maximum Gasteiger partial charge on any atom is 0.320 e. The quantitative estimate of drug-likeness (QED) is 0.245. The Labute approximate surface area is 81.6 Å². The van der Waals surface area contributed by atoms with Gasteiger partial charge in [-0.2, -0.15) is 0 Å². The molecule has 0 saturated heterocycles. The van der Waals surface area contributed by atoms with Gasteiger partial charge in [0.1, 0.15) is 6.04 Å². The number of guanidine groups is 1. The van der Waals surface area contributed by atoms with E-state index in [0.717, 1.165) is 0 Å². The van der Waals surface area contributed by atoms with Crippen LogP contribution in [0.5, 0.6) is 0 Å². The highest BCUT2D eigenvalue weighted by Gasteiger charge is 2.16. The molecule has 8 N–H and O–H groups in total. The number of aliphatic carboxylic acids is 1. The predicted octanol–water partition coefficient (Wildman–Crippen LogP) is -2.19. The third kappa shape index (κ3) is 6.21. The molecule has 0 aromatic rings. The minimum absolute atomic E-state index is 0.00463. The maximum absolute atomic E-state index is 10.3. The van der Waals surface area contributed by atoms with Gasteiger partial charge in [0.25, 0.3) is 0 Å². The molecule has 0 aliphatic heterocycles. The highest BCUT2D eigenvalue weighted by molar-refractivity contribution is 5.75. The lowest BCUT2D eigenvalue weighted by Gasteiger charge is -2.11. The zero-order chi connectivity index (χ0) is 11.1. The summed E-state index contributed by atoms with van der Waals surface area (Å²) in [5.41, 5.74) is 15.3. The molecule has 0 unspecified atom stereocenters. The summed E-state index contributed by atoms with van der Waals surface area (Å²) in [5.74, 6) is -1.19. The lowest BCUT2D eigenvalue weighted by atomic mass is 10.1. The standard InChI is InChI=1S/C7H16N4O3/c8-5(6(13)14)3-4(12)1-2-11-7(9)10/h4-5,12H,1-3,8H2,(H,13,14)(H4,9,10,11)/t4-,5+/m1/s1. The lowest BCUT2D eigenvalue weighted by molar-refractivity contribution is -0.139. The molecule has 0 fully saturated rings. The van der Waals surface area contributed by atoms with Gasteiger partial charge in [-0.25, -0.2) is 0 Å². The van der Waals surface area contributed by atoms with Gasteiger partial charge in [-0.1, -0.05) is 0 Å². The minimum Gasteiger partial charge on any atom is -0.480 e. The maximum atomic E-state index is 10.3. The van der Waals surface area contributed by atoms with Crippen molar-refractivity contribution < 1.29 is 15.0 Å². The molecule has 7 heteroatoms. The first kappa shape index (κ1) is 12.7. The van der Waals surface area contributed by atoms with Crippen LogP contribution in [-0.2, 0) is 4.79 Å². The van der Waals surface area contributed by atoms with Crippen molar-refractivity contribution in [1.82, 2.24) is 0 Å². The number of hydrogen-bond donors (Lipinski definition) is 5. The Morgan fingerprint density at radius 2 is 2.00 bits per heavy atom. The molecule has 0 aromatic heterocycles. The second kappa shape index (κ2) is 6.17. The molecule has 0 bridgehead atoms. The molecule has 82 valence electrons. The van der Waals surface area contributed by atoms with Crippen LogP contribution in [0, 0.1) is 0 Å². The molecule has 0 aromatic carbocycles.